The fourth-order valence-corrected chi connectivity index (χ4v) is 1.09. The molecule has 1 saturated heterocycles. The van der Waals surface area contributed by atoms with Gasteiger partial charge in [-0.15, -0.1) is 0 Å². The first kappa shape index (κ1) is 6.75. The van der Waals surface area contributed by atoms with Crippen LogP contribution in [-0.2, 0) is 4.79 Å². The summed E-state index contributed by atoms with van der Waals surface area (Å²) in [6.45, 7) is 2.76. The van der Waals surface area contributed by atoms with Crippen LogP contribution in [0.15, 0.2) is 0 Å². The zero-order chi connectivity index (χ0) is 6.53. The number of aldehydes is 1. The molecule has 1 radical (unpaired) electrons. The average Bonchev–Trinajstić information content (AvgIpc) is 1.91. The van der Waals surface area contributed by atoms with Gasteiger partial charge < -0.3 is 4.79 Å². The lowest BCUT2D eigenvalue weighted by molar-refractivity contribution is -0.108. The van der Waals surface area contributed by atoms with Crippen molar-refractivity contribution in [3.05, 3.63) is 6.42 Å². The van der Waals surface area contributed by atoms with E-state index in [-0.39, 0.29) is 0 Å². The molecule has 1 fully saturated rings. The van der Waals surface area contributed by atoms with Crippen LogP contribution in [0.4, 0.5) is 0 Å². The fourth-order valence-electron chi connectivity index (χ4n) is 1.09. The summed E-state index contributed by atoms with van der Waals surface area (Å²) < 4.78 is 0. The van der Waals surface area contributed by atoms with E-state index in [0.717, 1.165) is 32.2 Å². The van der Waals surface area contributed by atoms with E-state index >= 15 is 0 Å². The highest BCUT2D eigenvalue weighted by atomic mass is 16.1. The highest BCUT2D eigenvalue weighted by molar-refractivity contribution is 5.51. The molecule has 0 N–H and O–H groups in total. The molecule has 1 aliphatic rings. The Balaban J connectivity index is 2.15. The number of nitrogens with zero attached hydrogens (tertiary/aromatic N) is 1. The maximum Gasteiger partial charge on any atom is 0.133 e. The van der Waals surface area contributed by atoms with Crippen molar-refractivity contribution in [2.24, 2.45) is 0 Å². The van der Waals surface area contributed by atoms with Crippen LogP contribution >= 0.6 is 0 Å². The van der Waals surface area contributed by atoms with Gasteiger partial charge in [0.2, 0.25) is 0 Å². The topological polar surface area (TPSA) is 20.3 Å². The van der Waals surface area contributed by atoms with E-state index in [1.165, 1.54) is 0 Å². The molecule has 2 heteroatoms. The number of hydrogen-bond acceptors (Lipinski definition) is 2. The highest BCUT2D eigenvalue weighted by Gasteiger charge is 2.07. The molecule has 51 valence electrons. The lowest BCUT2D eigenvalue weighted by atomic mass is 10.1. The van der Waals surface area contributed by atoms with Gasteiger partial charge >= 0.3 is 0 Å². The molecule has 0 atom stereocenters. The minimum absolute atomic E-state index is 0.619. The molecule has 0 aromatic heterocycles. The van der Waals surface area contributed by atoms with Crippen molar-refractivity contribution in [1.29, 1.82) is 0 Å². The lowest BCUT2D eigenvalue weighted by Gasteiger charge is -2.23. The number of hydrogen-bond donors (Lipinski definition) is 0. The Morgan fingerprint density at radius 2 is 2.11 bits per heavy atom. The summed E-state index contributed by atoms with van der Waals surface area (Å²) in [5, 5.41) is 0. The first-order valence-corrected chi connectivity index (χ1v) is 3.41. The first-order valence-electron chi connectivity index (χ1n) is 3.41. The third kappa shape index (κ3) is 2.14. The zero-order valence-electron chi connectivity index (χ0n) is 5.55. The molecular weight excluding hydrogens is 114 g/mol. The molecule has 0 amide bonds. The van der Waals surface area contributed by atoms with Gasteiger partial charge in [0.25, 0.3) is 0 Å². The van der Waals surface area contributed by atoms with E-state index in [9.17, 15) is 4.79 Å². The van der Waals surface area contributed by atoms with Crippen molar-refractivity contribution in [2.45, 2.75) is 12.8 Å². The van der Waals surface area contributed by atoms with E-state index < -0.39 is 0 Å². The summed E-state index contributed by atoms with van der Waals surface area (Å²) in [7, 11) is 0. The molecule has 1 rings (SSSR count). The van der Waals surface area contributed by atoms with E-state index in [4.69, 9.17) is 0 Å². The Labute approximate surface area is 55.8 Å². The summed E-state index contributed by atoms with van der Waals surface area (Å²) in [5.41, 5.74) is 0. The Kier molecular flexibility index (Phi) is 2.71. The van der Waals surface area contributed by atoms with Crippen LogP contribution in [0.1, 0.15) is 12.8 Å². The number of carbonyl (C=O) groups is 1. The van der Waals surface area contributed by atoms with Gasteiger partial charge in [0.1, 0.15) is 6.29 Å². The number of carbonyl (C=O) groups excluding carboxylic acids is 1. The molecular formula is C7H12NO. The van der Waals surface area contributed by atoms with Gasteiger partial charge in [-0.1, -0.05) is 0 Å². The van der Waals surface area contributed by atoms with Gasteiger partial charge in [-0.2, -0.15) is 0 Å². The predicted molar refractivity (Wildman–Crippen MR) is 36.0 cm³/mol. The summed E-state index contributed by atoms with van der Waals surface area (Å²) in [4.78, 5) is 12.2. The standard InChI is InChI=1S/C7H12NO/c9-7-6-8-4-2-1-3-5-8/h1,7H,2-6H2. The third-order valence-corrected chi connectivity index (χ3v) is 1.63. The normalized spacial score (nSPS) is 21.8. The number of rotatable bonds is 2. The van der Waals surface area contributed by atoms with Crippen LogP contribution in [0.3, 0.4) is 0 Å². The maximum atomic E-state index is 10.0. The molecule has 0 aromatic carbocycles. The first-order chi connectivity index (χ1) is 4.43. The fraction of sp³-hybridized carbons (Fsp3) is 0.714. The Bertz CT molecular complexity index is 86.9. The molecule has 1 heterocycles. The van der Waals surface area contributed by atoms with Crippen LogP contribution in [0.2, 0.25) is 0 Å². The van der Waals surface area contributed by atoms with Crippen molar-refractivity contribution >= 4 is 6.29 Å². The Hall–Kier alpha value is -0.370. The minimum Gasteiger partial charge on any atom is -0.302 e. The quantitative estimate of drug-likeness (QED) is 0.502. The van der Waals surface area contributed by atoms with Gasteiger partial charge in [-0.05, 0) is 32.4 Å². The largest absolute Gasteiger partial charge is 0.302 e. The number of piperidine rings is 1. The van der Waals surface area contributed by atoms with Crippen molar-refractivity contribution in [3.8, 4) is 0 Å². The van der Waals surface area contributed by atoms with Crippen LogP contribution in [0.25, 0.3) is 0 Å². The van der Waals surface area contributed by atoms with Gasteiger partial charge in [0.05, 0.1) is 6.54 Å². The molecule has 2 nitrogen and oxygen atoms in total. The van der Waals surface area contributed by atoms with Crippen LogP contribution in [0.5, 0.6) is 0 Å². The van der Waals surface area contributed by atoms with E-state index in [0.29, 0.717) is 6.54 Å². The SMILES string of the molecule is O=CCN1CC[CH]CC1. The summed E-state index contributed by atoms with van der Waals surface area (Å²) in [6.07, 6.45) is 5.55. The Morgan fingerprint density at radius 1 is 1.44 bits per heavy atom. The van der Waals surface area contributed by atoms with Gasteiger partial charge in [-0.3, -0.25) is 4.90 Å². The maximum absolute atomic E-state index is 10.0. The average molecular weight is 126 g/mol. The van der Waals surface area contributed by atoms with Crippen molar-refractivity contribution < 1.29 is 4.79 Å². The summed E-state index contributed by atoms with van der Waals surface area (Å²) in [5.74, 6) is 0. The Morgan fingerprint density at radius 3 is 2.67 bits per heavy atom. The van der Waals surface area contributed by atoms with Gasteiger partial charge in [0, 0.05) is 0 Å². The van der Waals surface area contributed by atoms with Crippen molar-refractivity contribution in [1.82, 2.24) is 4.90 Å². The lowest BCUT2D eigenvalue weighted by Crippen LogP contribution is -2.31. The molecule has 0 saturated carbocycles. The van der Waals surface area contributed by atoms with Gasteiger partial charge in [0.15, 0.2) is 0 Å². The molecule has 0 bridgehead atoms. The van der Waals surface area contributed by atoms with E-state index in [1.54, 1.807) is 0 Å². The second-order valence-corrected chi connectivity index (χ2v) is 2.33. The van der Waals surface area contributed by atoms with Gasteiger partial charge in [-0.25, -0.2) is 0 Å². The molecule has 0 unspecified atom stereocenters. The molecule has 1 aliphatic heterocycles. The molecule has 9 heavy (non-hydrogen) atoms. The second-order valence-electron chi connectivity index (χ2n) is 2.33. The molecule has 0 spiro atoms. The summed E-state index contributed by atoms with van der Waals surface area (Å²) >= 11 is 0. The molecule has 0 aliphatic carbocycles. The van der Waals surface area contributed by atoms with E-state index in [1.807, 2.05) is 0 Å². The van der Waals surface area contributed by atoms with Crippen LogP contribution in [0, 0.1) is 6.42 Å². The second kappa shape index (κ2) is 3.62. The van der Waals surface area contributed by atoms with Crippen LogP contribution < -0.4 is 0 Å². The smallest absolute Gasteiger partial charge is 0.133 e. The molecule has 0 aromatic rings. The van der Waals surface area contributed by atoms with Crippen molar-refractivity contribution in [3.63, 3.8) is 0 Å². The highest BCUT2D eigenvalue weighted by Crippen LogP contribution is 2.05. The zero-order valence-corrected chi connectivity index (χ0v) is 5.55. The monoisotopic (exact) mass is 126 g/mol. The minimum atomic E-state index is 0.619. The summed E-state index contributed by atoms with van der Waals surface area (Å²) in [6, 6.07) is 0. The van der Waals surface area contributed by atoms with E-state index in [2.05, 4.69) is 11.3 Å². The predicted octanol–water partition coefficient (Wildman–Crippen LogP) is 0.485. The number of likely N-dealkylation sites (tertiary alicyclic amines) is 1. The third-order valence-electron chi connectivity index (χ3n) is 1.63. The van der Waals surface area contributed by atoms with Crippen LogP contribution in [-0.4, -0.2) is 30.8 Å². The van der Waals surface area contributed by atoms with Crippen molar-refractivity contribution in [2.75, 3.05) is 19.6 Å².